The molecule has 0 fully saturated rings. The van der Waals surface area contributed by atoms with E-state index >= 15 is 0 Å². The van der Waals surface area contributed by atoms with Gasteiger partial charge in [0, 0.05) is 17.8 Å². The highest BCUT2D eigenvalue weighted by Crippen LogP contribution is 2.28. The van der Waals surface area contributed by atoms with Crippen molar-refractivity contribution in [1.82, 2.24) is 9.88 Å². The molecular formula is C21H22ClN3O3S. The van der Waals surface area contributed by atoms with Gasteiger partial charge in [-0.05, 0) is 43.2 Å². The number of nitrogens with zero attached hydrogens (tertiary/aromatic N) is 2. The van der Waals surface area contributed by atoms with Gasteiger partial charge in [0.2, 0.25) is 11.8 Å². The quantitative estimate of drug-likeness (QED) is 0.552. The van der Waals surface area contributed by atoms with E-state index in [4.69, 9.17) is 16.0 Å². The standard InChI is InChI=1S/C21H22ClN3O3S/c1-4-14-7-5-6-8-16(14)23-19(26)12-25(3)20(27)13(2)29-21-24-17-11-15(22)9-10-18(17)28-21/h5-11,13H,4,12H2,1-3H3,(H,23,26). The Labute approximate surface area is 178 Å². The molecule has 0 bridgehead atoms. The van der Waals surface area contributed by atoms with Crippen LogP contribution < -0.4 is 5.32 Å². The van der Waals surface area contributed by atoms with E-state index in [1.54, 1.807) is 32.2 Å². The van der Waals surface area contributed by atoms with E-state index < -0.39 is 5.25 Å². The molecule has 2 amide bonds. The predicted molar refractivity (Wildman–Crippen MR) is 116 cm³/mol. The number of aryl methyl sites for hydroxylation is 1. The fourth-order valence-electron chi connectivity index (χ4n) is 2.88. The monoisotopic (exact) mass is 431 g/mol. The van der Waals surface area contributed by atoms with E-state index in [2.05, 4.69) is 10.3 Å². The summed E-state index contributed by atoms with van der Waals surface area (Å²) in [7, 11) is 1.61. The molecule has 1 unspecified atom stereocenters. The molecule has 8 heteroatoms. The van der Waals surface area contributed by atoms with Gasteiger partial charge in [0.1, 0.15) is 5.52 Å². The molecule has 0 saturated heterocycles. The zero-order valence-electron chi connectivity index (χ0n) is 16.4. The van der Waals surface area contributed by atoms with Crippen LogP contribution in [-0.2, 0) is 16.0 Å². The number of amides is 2. The molecule has 0 saturated carbocycles. The Morgan fingerprint density at radius 2 is 2.03 bits per heavy atom. The van der Waals surface area contributed by atoms with E-state index in [1.165, 1.54) is 16.7 Å². The smallest absolute Gasteiger partial charge is 0.257 e. The third-order valence-corrected chi connectivity index (χ3v) is 5.55. The summed E-state index contributed by atoms with van der Waals surface area (Å²) in [6.45, 7) is 3.75. The summed E-state index contributed by atoms with van der Waals surface area (Å²) in [6, 6.07) is 12.8. The van der Waals surface area contributed by atoms with Crippen LogP contribution in [0.25, 0.3) is 11.1 Å². The van der Waals surface area contributed by atoms with Crippen molar-refractivity contribution in [2.75, 3.05) is 18.9 Å². The van der Waals surface area contributed by atoms with Crippen LogP contribution in [0.2, 0.25) is 5.02 Å². The van der Waals surface area contributed by atoms with E-state index in [9.17, 15) is 9.59 Å². The van der Waals surface area contributed by atoms with Crippen molar-refractivity contribution in [3.05, 3.63) is 53.1 Å². The Balaban J connectivity index is 1.58. The topological polar surface area (TPSA) is 75.4 Å². The van der Waals surface area contributed by atoms with Crippen LogP contribution in [-0.4, -0.2) is 40.5 Å². The van der Waals surface area contributed by atoms with Gasteiger partial charge in [0.15, 0.2) is 5.58 Å². The lowest BCUT2D eigenvalue weighted by Gasteiger charge is -2.20. The number of thioether (sulfide) groups is 1. The Morgan fingerprint density at radius 3 is 2.79 bits per heavy atom. The predicted octanol–water partition coefficient (Wildman–Crippen LogP) is 4.62. The van der Waals surface area contributed by atoms with E-state index in [-0.39, 0.29) is 18.4 Å². The number of anilines is 1. The molecule has 6 nitrogen and oxygen atoms in total. The molecule has 0 aliphatic heterocycles. The maximum atomic E-state index is 12.7. The molecule has 3 aromatic rings. The normalized spacial score (nSPS) is 12.0. The fourth-order valence-corrected chi connectivity index (χ4v) is 3.91. The summed E-state index contributed by atoms with van der Waals surface area (Å²) >= 11 is 7.17. The molecule has 0 spiro atoms. The molecule has 3 rings (SSSR count). The molecule has 1 atom stereocenters. The average molecular weight is 432 g/mol. The lowest BCUT2D eigenvalue weighted by molar-refractivity contribution is -0.132. The Morgan fingerprint density at radius 1 is 1.28 bits per heavy atom. The van der Waals surface area contributed by atoms with Gasteiger partial charge in [0.25, 0.3) is 5.22 Å². The lowest BCUT2D eigenvalue weighted by atomic mass is 10.1. The van der Waals surface area contributed by atoms with Crippen molar-refractivity contribution in [3.63, 3.8) is 0 Å². The number of halogens is 1. The second-order valence-electron chi connectivity index (χ2n) is 6.61. The van der Waals surface area contributed by atoms with Gasteiger partial charge in [-0.3, -0.25) is 9.59 Å². The third-order valence-electron chi connectivity index (χ3n) is 4.38. The molecule has 1 aromatic heterocycles. The summed E-state index contributed by atoms with van der Waals surface area (Å²) < 4.78 is 5.65. The Bertz CT molecular complexity index is 1040. The average Bonchev–Trinajstić information content (AvgIpc) is 3.08. The Kier molecular flexibility index (Phi) is 6.82. The molecule has 152 valence electrons. The molecule has 1 heterocycles. The van der Waals surface area contributed by atoms with Gasteiger partial charge in [-0.25, -0.2) is 4.98 Å². The number of aromatic nitrogens is 1. The summed E-state index contributed by atoms with van der Waals surface area (Å²) in [5, 5.41) is 3.37. The number of oxazole rings is 1. The Hall–Kier alpha value is -2.51. The van der Waals surface area contributed by atoms with Crippen molar-refractivity contribution >= 4 is 52.0 Å². The summed E-state index contributed by atoms with van der Waals surface area (Å²) in [5.41, 5.74) is 3.07. The maximum Gasteiger partial charge on any atom is 0.257 e. The summed E-state index contributed by atoms with van der Waals surface area (Å²) in [5.74, 6) is -0.426. The summed E-state index contributed by atoms with van der Waals surface area (Å²) in [4.78, 5) is 30.8. The van der Waals surface area contributed by atoms with Gasteiger partial charge in [-0.1, -0.05) is 48.5 Å². The van der Waals surface area contributed by atoms with Gasteiger partial charge < -0.3 is 14.6 Å². The zero-order valence-corrected chi connectivity index (χ0v) is 18.0. The van der Waals surface area contributed by atoms with Gasteiger partial charge in [-0.15, -0.1) is 0 Å². The number of nitrogens with one attached hydrogen (secondary N) is 1. The molecule has 2 aromatic carbocycles. The molecule has 0 radical (unpaired) electrons. The fraction of sp³-hybridized carbons (Fsp3) is 0.286. The molecule has 0 aliphatic carbocycles. The van der Waals surface area contributed by atoms with Crippen LogP contribution in [0.4, 0.5) is 5.69 Å². The number of hydrogen-bond donors (Lipinski definition) is 1. The number of carbonyl (C=O) groups is 2. The number of fused-ring (bicyclic) bond motifs is 1. The first-order valence-corrected chi connectivity index (χ1v) is 10.5. The molecule has 0 aliphatic rings. The molecule has 1 N–H and O–H groups in total. The highest BCUT2D eigenvalue weighted by atomic mass is 35.5. The first-order valence-electron chi connectivity index (χ1n) is 9.23. The number of carbonyl (C=O) groups excluding carboxylic acids is 2. The molecule has 29 heavy (non-hydrogen) atoms. The van der Waals surface area contributed by atoms with E-state index in [0.29, 0.717) is 21.3 Å². The van der Waals surface area contributed by atoms with Crippen LogP contribution in [0.1, 0.15) is 19.4 Å². The van der Waals surface area contributed by atoms with E-state index in [1.807, 2.05) is 31.2 Å². The minimum absolute atomic E-state index is 0.0368. The van der Waals surface area contributed by atoms with Crippen molar-refractivity contribution in [1.29, 1.82) is 0 Å². The minimum Gasteiger partial charge on any atom is -0.431 e. The second kappa shape index (κ2) is 9.33. The van der Waals surface area contributed by atoms with E-state index in [0.717, 1.165) is 17.7 Å². The van der Waals surface area contributed by atoms with Gasteiger partial charge >= 0.3 is 0 Å². The number of likely N-dealkylation sites (N-methyl/N-ethyl adjacent to an activating group) is 1. The van der Waals surface area contributed by atoms with Crippen molar-refractivity contribution in [2.45, 2.75) is 30.7 Å². The largest absolute Gasteiger partial charge is 0.431 e. The number of para-hydroxylation sites is 1. The van der Waals surface area contributed by atoms with Crippen molar-refractivity contribution < 1.29 is 14.0 Å². The van der Waals surface area contributed by atoms with Crippen LogP contribution >= 0.6 is 23.4 Å². The van der Waals surface area contributed by atoms with Crippen LogP contribution in [0.3, 0.4) is 0 Å². The maximum absolute atomic E-state index is 12.7. The van der Waals surface area contributed by atoms with Gasteiger partial charge in [0.05, 0.1) is 11.8 Å². The lowest BCUT2D eigenvalue weighted by Crippen LogP contribution is -2.39. The number of hydrogen-bond acceptors (Lipinski definition) is 5. The van der Waals surface area contributed by atoms with Crippen LogP contribution in [0, 0.1) is 0 Å². The second-order valence-corrected chi connectivity index (χ2v) is 8.33. The number of benzene rings is 2. The van der Waals surface area contributed by atoms with Gasteiger partial charge in [-0.2, -0.15) is 0 Å². The highest BCUT2D eigenvalue weighted by Gasteiger charge is 2.23. The van der Waals surface area contributed by atoms with Crippen molar-refractivity contribution in [2.24, 2.45) is 0 Å². The zero-order chi connectivity index (χ0) is 21.0. The SMILES string of the molecule is CCc1ccccc1NC(=O)CN(C)C(=O)C(C)Sc1nc2cc(Cl)ccc2o1. The number of rotatable bonds is 7. The van der Waals surface area contributed by atoms with Crippen molar-refractivity contribution in [3.8, 4) is 0 Å². The summed E-state index contributed by atoms with van der Waals surface area (Å²) in [6.07, 6.45) is 0.814. The first kappa shape index (κ1) is 21.2. The highest BCUT2D eigenvalue weighted by molar-refractivity contribution is 8.00. The third kappa shape index (κ3) is 5.31. The minimum atomic E-state index is -0.459. The first-order chi connectivity index (χ1) is 13.9. The molecular weight excluding hydrogens is 410 g/mol. The van der Waals surface area contributed by atoms with Crippen LogP contribution in [0.15, 0.2) is 52.1 Å². The van der Waals surface area contributed by atoms with Crippen LogP contribution in [0.5, 0.6) is 0 Å².